The topological polar surface area (TPSA) is 62.5 Å². The maximum absolute atomic E-state index is 9.64. The van der Waals surface area contributed by atoms with Crippen molar-refractivity contribution in [1.82, 2.24) is 15.0 Å². The highest BCUT2D eigenvalue weighted by Gasteiger charge is 2.25. The molecule has 56 heavy (non-hydrogen) atoms. The molecule has 258 valence electrons. The van der Waals surface area contributed by atoms with Gasteiger partial charge in [-0.05, 0) is 107 Å². The lowest BCUT2D eigenvalue weighted by atomic mass is 9.87. The van der Waals surface area contributed by atoms with Crippen LogP contribution >= 0.6 is 0 Å². The molecule has 11 rings (SSSR count). The van der Waals surface area contributed by atoms with Gasteiger partial charge in [0.2, 0.25) is 0 Å². The number of fused-ring (bicyclic) bond motifs is 5. The van der Waals surface area contributed by atoms with Crippen LogP contribution in [0.2, 0.25) is 0 Å². The highest BCUT2D eigenvalue weighted by Crippen LogP contribution is 2.52. The molecule has 0 N–H and O–H groups in total. The molecule has 0 bridgehead atoms. The Hall–Kier alpha value is -7.74. The first-order valence-electron chi connectivity index (χ1n) is 18.7. The first-order chi connectivity index (χ1) is 27.7. The second-order valence-corrected chi connectivity index (χ2v) is 14.3. The van der Waals surface area contributed by atoms with Crippen LogP contribution in [0.25, 0.3) is 111 Å². The number of aromatic nitrogens is 3. The van der Waals surface area contributed by atoms with E-state index in [2.05, 4.69) is 109 Å². The predicted octanol–water partition coefficient (Wildman–Crippen LogP) is 13.2. The van der Waals surface area contributed by atoms with Crippen LogP contribution in [0.15, 0.2) is 182 Å². The molecular weight excluding hydrogens is 681 g/mol. The predicted molar refractivity (Wildman–Crippen MR) is 229 cm³/mol. The van der Waals surface area contributed by atoms with E-state index in [-0.39, 0.29) is 0 Å². The molecule has 4 nitrogen and oxygen atoms in total. The Labute approximate surface area is 323 Å². The van der Waals surface area contributed by atoms with Crippen LogP contribution in [0, 0.1) is 11.3 Å². The average molecular weight is 711 g/mol. The third-order valence-corrected chi connectivity index (χ3v) is 11.1. The molecule has 0 amide bonds. The van der Waals surface area contributed by atoms with Gasteiger partial charge in [0.15, 0.2) is 17.5 Å². The summed E-state index contributed by atoms with van der Waals surface area (Å²) >= 11 is 0. The van der Waals surface area contributed by atoms with Crippen molar-refractivity contribution in [2.75, 3.05) is 0 Å². The van der Waals surface area contributed by atoms with Crippen molar-refractivity contribution in [3.05, 3.63) is 188 Å². The fourth-order valence-electron chi connectivity index (χ4n) is 8.35. The van der Waals surface area contributed by atoms with Gasteiger partial charge in [-0.2, -0.15) is 5.26 Å². The minimum Gasteiger partial charge on any atom is -0.208 e. The van der Waals surface area contributed by atoms with Gasteiger partial charge in [0.05, 0.1) is 11.6 Å². The van der Waals surface area contributed by atoms with Gasteiger partial charge in [-0.3, -0.25) is 0 Å². The molecule has 1 aromatic heterocycles. The van der Waals surface area contributed by atoms with Crippen molar-refractivity contribution >= 4 is 32.3 Å². The lowest BCUT2D eigenvalue weighted by molar-refractivity contribution is 1.07. The summed E-state index contributed by atoms with van der Waals surface area (Å²) in [6.45, 7) is 0. The molecule has 1 heterocycles. The van der Waals surface area contributed by atoms with E-state index in [0.29, 0.717) is 23.0 Å². The van der Waals surface area contributed by atoms with Gasteiger partial charge >= 0.3 is 0 Å². The number of hydrogen-bond acceptors (Lipinski definition) is 4. The van der Waals surface area contributed by atoms with E-state index < -0.39 is 0 Å². The molecule has 0 spiro atoms. The van der Waals surface area contributed by atoms with Gasteiger partial charge in [0, 0.05) is 16.7 Å². The van der Waals surface area contributed by atoms with E-state index in [1.54, 1.807) is 0 Å². The Morgan fingerprint density at radius 3 is 1.30 bits per heavy atom. The van der Waals surface area contributed by atoms with Crippen molar-refractivity contribution in [3.8, 4) is 84.7 Å². The maximum atomic E-state index is 9.64. The van der Waals surface area contributed by atoms with Crippen molar-refractivity contribution in [2.24, 2.45) is 0 Å². The van der Waals surface area contributed by atoms with E-state index in [1.807, 2.05) is 78.9 Å². The largest absolute Gasteiger partial charge is 0.208 e. The fourth-order valence-corrected chi connectivity index (χ4v) is 8.35. The van der Waals surface area contributed by atoms with Gasteiger partial charge in [-0.25, -0.2) is 15.0 Å². The summed E-state index contributed by atoms with van der Waals surface area (Å²) in [5, 5.41) is 16.6. The van der Waals surface area contributed by atoms with Gasteiger partial charge in [0.1, 0.15) is 0 Å². The second kappa shape index (κ2) is 12.7. The standard InChI is InChI=1S/C52H30N4/c53-31-32-15-16-33-17-20-39(30-41(33)27-32)43-24-26-47-45-14-8-7-13-44(45)46-25-23-42(48(43)49(46)47)38-21-18-37-29-40(22-19-36(37)28-38)52-55-50(34-9-3-1-4-10-34)54-51(56-52)35-11-5-2-6-12-35/h1-30H. The molecule has 1 aliphatic rings. The number of benzene rings is 9. The molecule has 1 aliphatic carbocycles. The van der Waals surface area contributed by atoms with E-state index in [1.165, 1.54) is 44.2 Å². The summed E-state index contributed by atoms with van der Waals surface area (Å²) in [4.78, 5) is 14.8. The highest BCUT2D eigenvalue weighted by molar-refractivity contribution is 6.23. The Morgan fingerprint density at radius 1 is 0.304 bits per heavy atom. The average Bonchev–Trinajstić information content (AvgIpc) is 3.60. The fraction of sp³-hybridized carbons (Fsp3) is 0. The van der Waals surface area contributed by atoms with Crippen molar-refractivity contribution in [2.45, 2.75) is 0 Å². The zero-order chi connectivity index (χ0) is 37.2. The SMILES string of the molecule is N#Cc1ccc2ccc(-c3ccc4c5c(ccc(-c6ccc7cc(-c8nc(-c9ccccc9)nc(-c9ccccc9)n8)ccc7c6)c35)-c3ccccc3-4)cc2c1. The summed E-state index contributed by atoms with van der Waals surface area (Å²) in [5.74, 6) is 1.93. The van der Waals surface area contributed by atoms with Crippen molar-refractivity contribution in [1.29, 1.82) is 5.26 Å². The molecule has 0 radical (unpaired) electrons. The maximum Gasteiger partial charge on any atom is 0.164 e. The summed E-state index contributed by atoms with van der Waals surface area (Å²) in [7, 11) is 0. The summed E-state index contributed by atoms with van der Waals surface area (Å²) in [6.07, 6.45) is 0. The molecule has 9 aromatic carbocycles. The molecule has 0 unspecified atom stereocenters. The first kappa shape index (κ1) is 31.8. The van der Waals surface area contributed by atoms with E-state index in [0.717, 1.165) is 49.4 Å². The Bertz CT molecular complexity index is 3170. The molecule has 0 aliphatic heterocycles. The van der Waals surface area contributed by atoms with Crippen LogP contribution in [0.5, 0.6) is 0 Å². The molecule has 0 fully saturated rings. The van der Waals surface area contributed by atoms with Gasteiger partial charge in [0.25, 0.3) is 0 Å². The van der Waals surface area contributed by atoms with E-state index >= 15 is 0 Å². The number of rotatable bonds is 5. The van der Waals surface area contributed by atoms with E-state index in [4.69, 9.17) is 15.0 Å². The van der Waals surface area contributed by atoms with Crippen molar-refractivity contribution in [3.63, 3.8) is 0 Å². The smallest absolute Gasteiger partial charge is 0.164 e. The summed E-state index contributed by atoms with van der Waals surface area (Å²) in [6, 6.07) is 66.0. The van der Waals surface area contributed by atoms with Crippen LogP contribution in [-0.4, -0.2) is 15.0 Å². The number of hydrogen-bond donors (Lipinski definition) is 0. The third kappa shape index (κ3) is 5.18. The van der Waals surface area contributed by atoms with Crippen LogP contribution in [0.1, 0.15) is 5.56 Å². The Morgan fingerprint density at radius 2 is 0.732 bits per heavy atom. The molecule has 0 atom stereocenters. The van der Waals surface area contributed by atoms with Gasteiger partial charge in [-0.1, -0.05) is 152 Å². The number of nitriles is 1. The van der Waals surface area contributed by atoms with Gasteiger partial charge < -0.3 is 0 Å². The molecule has 10 aromatic rings. The zero-order valence-corrected chi connectivity index (χ0v) is 30.1. The van der Waals surface area contributed by atoms with Crippen molar-refractivity contribution < 1.29 is 0 Å². The van der Waals surface area contributed by atoms with Crippen LogP contribution in [0.4, 0.5) is 0 Å². The van der Waals surface area contributed by atoms with Crippen LogP contribution < -0.4 is 0 Å². The minimum absolute atomic E-state index is 0.637. The molecular formula is C52H30N4. The zero-order valence-electron chi connectivity index (χ0n) is 30.1. The summed E-state index contributed by atoms with van der Waals surface area (Å²) in [5.41, 5.74) is 13.2. The molecule has 4 heteroatoms. The van der Waals surface area contributed by atoms with Gasteiger partial charge in [-0.15, -0.1) is 0 Å². The van der Waals surface area contributed by atoms with E-state index in [9.17, 15) is 5.26 Å². The lowest BCUT2D eigenvalue weighted by Crippen LogP contribution is -2.00. The third-order valence-electron chi connectivity index (χ3n) is 11.1. The Balaban J connectivity index is 1.07. The second-order valence-electron chi connectivity index (χ2n) is 14.3. The summed E-state index contributed by atoms with van der Waals surface area (Å²) < 4.78 is 0. The van der Waals surface area contributed by atoms with Crippen LogP contribution in [-0.2, 0) is 0 Å². The Kier molecular flexibility index (Phi) is 7.20. The molecule has 0 saturated carbocycles. The normalized spacial score (nSPS) is 11.6. The monoisotopic (exact) mass is 710 g/mol. The van der Waals surface area contributed by atoms with Crippen LogP contribution in [0.3, 0.4) is 0 Å². The molecule has 0 saturated heterocycles. The highest BCUT2D eigenvalue weighted by atomic mass is 15.0. The number of nitrogens with zero attached hydrogens (tertiary/aromatic N) is 4. The minimum atomic E-state index is 0.637. The lowest BCUT2D eigenvalue weighted by Gasteiger charge is -2.16. The first-order valence-corrected chi connectivity index (χ1v) is 18.7. The quantitative estimate of drug-likeness (QED) is 0.178.